The number of methoxy groups -OCH3 is 1. The molecular formula is C20H22N2O3. The Morgan fingerprint density at radius 1 is 1.16 bits per heavy atom. The van der Waals surface area contributed by atoms with Gasteiger partial charge in [0.2, 0.25) is 5.91 Å². The molecule has 0 unspecified atom stereocenters. The molecule has 3 rings (SSSR count). The van der Waals surface area contributed by atoms with Gasteiger partial charge in [0.15, 0.2) is 0 Å². The molecule has 2 aromatic carbocycles. The van der Waals surface area contributed by atoms with E-state index in [1.807, 2.05) is 55.5 Å². The normalized spacial score (nSPS) is 16.8. The van der Waals surface area contributed by atoms with Crippen molar-refractivity contribution < 1.29 is 14.3 Å². The zero-order valence-electron chi connectivity index (χ0n) is 14.5. The van der Waals surface area contributed by atoms with E-state index in [4.69, 9.17) is 4.74 Å². The minimum Gasteiger partial charge on any atom is -0.497 e. The fourth-order valence-electron chi connectivity index (χ4n) is 2.97. The highest BCUT2D eigenvalue weighted by molar-refractivity contribution is 5.96. The number of amides is 2. The largest absolute Gasteiger partial charge is 0.497 e. The number of aryl methyl sites for hydroxylation is 1. The van der Waals surface area contributed by atoms with Crippen molar-refractivity contribution in [1.29, 1.82) is 0 Å². The summed E-state index contributed by atoms with van der Waals surface area (Å²) in [5, 5.41) is 2.93. The quantitative estimate of drug-likeness (QED) is 0.912. The molecule has 0 spiro atoms. The minimum absolute atomic E-state index is 0.0831. The van der Waals surface area contributed by atoms with Crippen molar-refractivity contribution in [1.82, 2.24) is 5.32 Å². The molecule has 0 saturated carbocycles. The molecule has 0 aromatic heterocycles. The van der Waals surface area contributed by atoms with E-state index in [0.717, 1.165) is 17.0 Å². The van der Waals surface area contributed by atoms with Crippen LogP contribution in [0.1, 0.15) is 22.3 Å². The molecule has 1 aliphatic rings. The van der Waals surface area contributed by atoms with Gasteiger partial charge >= 0.3 is 0 Å². The first kappa shape index (κ1) is 17.0. The molecule has 0 aliphatic carbocycles. The Hall–Kier alpha value is -2.82. The molecule has 0 bridgehead atoms. The number of anilines is 1. The summed E-state index contributed by atoms with van der Waals surface area (Å²) in [5.41, 5.74) is 2.62. The number of carbonyl (C=O) groups is 2. The highest BCUT2D eigenvalue weighted by atomic mass is 16.5. The molecule has 1 saturated heterocycles. The summed E-state index contributed by atoms with van der Waals surface area (Å²) in [6, 6.07) is 14.9. The lowest BCUT2D eigenvalue weighted by atomic mass is 10.1. The van der Waals surface area contributed by atoms with E-state index in [0.29, 0.717) is 25.1 Å². The zero-order chi connectivity index (χ0) is 17.8. The van der Waals surface area contributed by atoms with Crippen molar-refractivity contribution in [3.05, 3.63) is 59.7 Å². The average Bonchev–Trinajstić information content (AvgIpc) is 3.01. The van der Waals surface area contributed by atoms with Crippen LogP contribution in [0, 0.1) is 12.8 Å². The number of rotatable bonds is 5. The Labute approximate surface area is 147 Å². The fourth-order valence-corrected chi connectivity index (χ4v) is 2.97. The SMILES string of the molecule is COc1ccc(N2C[C@H](CNC(=O)c3ccc(C)cc3)CC2=O)cc1. The smallest absolute Gasteiger partial charge is 0.251 e. The number of hydrogen-bond donors (Lipinski definition) is 1. The van der Waals surface area contributed by atoms with Gasteiger partial charge in [-0.2, -0.15) is 0 Å². The second kappa shape index (κ2) is 7.38. The van der Waals surface area contributed by atoms with Crippen LogP contribution >= 0.6 is 0 Å². The van der Waals surface area contributed by atoms with Gasteiger partial charge in [-0.25, -0.2) is 0 Å². The molecular weight excluding hydrogens is 316 g/mol. The van der Waals surface area contributed by atoms with Gasteiger partial charge in [0.1, 0.15) is 5.75 Å². The Balaban J connectivity index is 1.57. The van der Waals surface area contributed by atoms with E-state index in [-0.39, 0.29) is 17.7 Å². The third-order valence-electron chi connectivity index (χ3n) is 4.45. The minimum atomic E-state index is -0.102. The van der Waals surface area contributed by atoms with E-state index < -0.39 is 0 Å². The van der Waals surface area contributed by atoms with Crippen LogP contribution in [0.4, 0.5) is 5.69 Å². The van der Waals surface area contributed by atoms with Crippen molar-refractivity contribution >= 4 is 17.5 Å². The molecule has 130 valence electrons. The maximum Gasteiger partial charge on any atom is 0.251 e. The van der Waals surface area contributed by atoms with Crippen molar-refractivity contribution in [2.75, 3.05) is 25.1 Å². The molecule has 5 nitrogen and oxygen atoms in total. The van der Waals surface area contributed by atoms with Crippen molar-refractivity contribution in [2.45, 2.75) is 13.3 Å². The molecule has 1 atom stereocenters. The Morgan fingerprint density at radius 2 is 1.84 bits per heavy atom. The molecule has 2 aromatic rings. The summed E-state index contributed by atoms with van der Waals surface area (Å²) in [4.78, 5) is 26.2. The van der Waals surface area contributed by atoms with Crippen LogP contribution in [0.2, 0.25) is 0 Å². The highest BCUT2D eigenvalue weighted by Gasteiger charge is 2.30. The molecule has 1 N–H and O–H groups in total. The maximum atomic E-state index is 12.3. The van der Waals surface area contributed by atoms with Gasteiger partial charge < -0.3 is 15.0 Å². The molecule has 25 heavy (non-hydrogen) atoms. The van der Waals surface area contributed by atoms with Gasteiger partial charge in [-0.05, 0) is 43.3 Å². The third-order valence-corrected chi connectivity index (χ3v) is 4.45. The van der Waals surface area contributed by atoms with E-state index in [1.165, 1.54) is 0 Å². The van der Waals surface area contributed by atoms with Crippen LogP contribution in [0.15, 0.2) is 48.5 Å². The van der Waals surface area contributed by atoms with Gasteiger partial charge in [-0.3, -0.25) is 9.59 Å². The lowest BCUT2D eigenvalue weighted by molar-refractivity contribution is -0.117. The van der Waals surface area contributed by atoms with E-state index in [2.05, 4.69) is 5.32 Å². The molecule has 2 amide bonds. The predicted octanol–water partition coefficient (Wildman–Crippen LogP) is 2.79. The summed E-state index contributed by atoms with van der Waals surface area (Å²) >= 11 is 0. The highest BCUT2D eigenvalue weighted by Crippen LogP contribution is 2.26. The number of benzene rings is 2. The molecule has 1 heterocycles. The van der Waals surface area contributed by atoms with E-state index in [9.17, 15) is 9.59 Å². The van der Waals surface area contributed by atoms with Crippen LogP contribution in [-0.2, 0) is 4.79 Å². The van der Waals surface area contributed by atoms with Gasteiger partial charge in [0.25, 0.3) is 5.91 Å². The summed E-state index contributed by atoms with van der Waals surface area (Å²) < 4.78 is 5.14. The number of carbonyl (C=O) groups excluding carboxylic acids is 2. The lowest BCUT2D eigenvalue weighted by Gasteiger charge is -2.17. The van der Waals surface area contributed by atoms with E-state index in [1.54, 1.807) is 12.0 Å². The van der Waals surface area contributed by atoms with Crippen molar-refractivity contribution in [3.63, 3.8) is 0 Å². The summed E-state index contributed by atoms with van der Waals surface area (Å²) in [7, 11) is 1.61. The van der Waals surface area contributed by atoms with Crippen molar-refractivity contribution in [2.24, 2.45) is 5.92 Å². The first-order chi connectivity index (χ1) is 12.1. The monoisotopic (exact) mass is 338 g/mol. The molecule has 1 fully saturated rings. The average molecular weight is 338 g/mol. The lowest BCUT2D eigenvalue weighted by Crippen LogP contribution is -2.31. The standard InChI is InChI=1S/C20H22N2O3/c1-14-3-5-16(6-4-14)20(24)21-12-15-11-19(23)22(13-15)17-7-9-18(25-2)10-8-17/h3-10,15H,11-13H2,1-2H3,(H,21,24)/t15-/m0/s1. The fraction of sp³-hybridized carbons (Fsp3) is 0.300. The van der Waals surface area contributed by atoms with Gasteiger partial charge in [0.05, 0.1) is 7.11 Å². The first-order valence-electron chi connectivity index (χ1n) is 8.36. The van der Waals surface area contributed by atoms with Crippen LogP contribution in [0.3, 0.4) is 0 Å². The Morgan fingerprint density at radius 3 is 2.48 bits per heavy atom. The molecule has 0 radical (unpaired) electrons. The first-order valence-corrected chi connectivity index (χ1v) is 8.36. The van der Waals surface area contributed by atoms with Gasteiger partial charge in [-0.15, -0.1) is 0 Å². The van der Waals surface area contributed by atoms with Crippen molar-refractivity contribution in [3.8, 4) is 5.75 Å². The molecule has 5 heteroatoms. The summed E-state index contributed by atoms with van der Waals surface area (Å²) in [6.07, 6.45) is 0.445. The van der Waals surface area contributed by atoms with Crippen LogP contribution < -0.4 is 15.0 Å². The topological polar surface area (TPSA) is 58.6 Å². The second-order valence-electron chi connectivity index (χ2n) is 6.35. The second-order valence-corrected chi connectivity index (χ2v) is 6.35. The number of nitrogens with one attached hydrogen (secondary N) is 1. The number of hydrogen-bond acceptors (Lipinski definition) is 3. The number of ether oxygens (including phenoxy) is 1. The van der Waals surface area contributed by atoms with Gasteiger partial charge in [0, 0.05) is 36.7 Å². The third kappa shape index (κ3) is 3.99. The van der Waals surface area contributed by atoms with Gasteiger partial charge in [-0.1, -0.05) is 17.7 Å². The predicted molar refractivity (Wildman–Crippen MR) is 97.0 cm³/mol. The van der Waals surface area contributed by atoms with Crippen LogP contribution in [0.25, 0.3) is 0 Å². The Kier molecular flexibility index (Phi) is 5.03. The van der Waals surface area contributed by atoms with Crippen LogP contribution in [-0.4, -0.2) is 32.0 Å². The zero-order valence-corrected chi connectivity index (χ0v) is 14.5. The summed E-state index contributed by atoms with van der Waals surface area (Å²) in [6.45, 7) is 3.09. The maximum absolute atomic E-state index is 12.3. The van der Waals surface area contributed by atoms with Crippen LogP contribution in [0.5, 0.6) is 5.75 Å². The number of nitrogens with zero attached hydrogens (tertiary/aromatic N) is 1. The molecule has 1 aliphatic heterocycles. The van der Waals surface area contributed by atoms with E-state index >= 15 is 0 Å². The summed E-state index contributed by atoms with van der Waals surface area (Å²) in [5.74, 6) is 0.858. The Bertz CT molecular complexity index is 754.